The van der Waals surface area contributed by atoms with Crippen LogP contribution in [0.15, 0.2) is 9.68 Å². The molecule has 2 heterocycles. The molecule has 1 atom stereocenters. The van der Waals surface area contributed by atoms with Crippen LogP contribution in [0.5, 0.6) is 0 Å². The van der Waals surface area contributed by atoms with Crippen LogP contribution in [0.1, 0.15) is 24.2 Å². The predicted octanol–water partition coefficient (Wildman–Crippen LogP) is -0.0166. The second-order valence-electron chi connectivity index (χ2n) is 4.00. The Bertz CT molecular complexity index is 404. The normalized spacial score (nSPS) is 23.5. The van der Waals surface area contributed by atoms with E-state index in [0.29, 0.717) is 18.1 Å². The van der Waals surface area contributed by atoms with E-state index in [9.17, 15) is 0 Å². The zero-order valence-corrected chi connectivity index (χ0v) is 9.96. The van der Waals surface area contributed by atoms with Crippen molar-refractivity contribution in [3.63, 3.8) is 0 Å². The monoisotopic (exact) mass is 240 g/mol. The lowest BCUT2D eigenvalue weighted by Gasteiger charge is -2.13. The molecule has 1 fully saturated rings. The molecule has 0 radical (unpaired) electrons. The molecule has 94 valence electrons. The molecule has 2 rings (SSSR count). The molecule has 17 heavy (non-hydrogen) atoms. The quantitative estimate of drug-likeness (QED) is 0.745. The minimum Gasteiger partial charge on any atom is -0.399 e. The zero-order valence-electron chi connectivity index (χ0n) is 9.96. The fourth-order valence-electron chi connectivity index (χ4n) is 1.92. The van der Waals surface area contributed by atoms with E-state index < -0.39 is 0 Å². The van der Waals surface area contributed by atoms with Crippen LogP contribution in [0, 0.1) is 0 Å². The van der Waals surface area contributed by atoms with E-state index in [2.05, 4.69) is 20.2 Å². The Balaban J connectivity index is 2.08. The summed E-state index contributed by atoms with van der Waals surface area (Å²) in [4.78, 5) is 11.1. The number of nitrogens with zero attached hydrogens (tertiary/aromatic N) is 4. The van der Waals surface area contributed by atoms with Crippen molar-refractivity contribution >= 4 is 5.71 Å². The van der Waals surface area contributed by atoms with Crippen molar-refractivity contribution in [1.82, 2.24) is 15.0 Å². The highest BCUT2D eigenvalue weighted by atomic mass is 16.6. The fourth-order valence-corrected chi connectivity index (χ4v) is 1.92. The summed E-state index contributed by atoms with van der Waals surface area (Å²) < 4.78 is 5.19. The van der Waals surface area contributed by atoms with Gasteiger partial charge in [-0.15, -0.1) is 0 Å². The molecule has 1 aliphatic rings. The van der Waals surface area contributed by atoms with Gasteiger partial charge >= 0.3 is 0 Å². The Morgan fingerprint density at radius 3 is 3.18 bits per heavy atom. The molecule has 0 bridgehead atoms. The average Bonchev–Trinajstić information content (AvgIpc) is 2.87. The second-order valence-corrected chi connectivity index (χ2v) is 4.00. The number of hydrogen-bond acceptors (Lipinski definition) is 7. The van der Waals surface area contributed by atoms with Gasteiger partial charge in [-0.2, -0.15) is 4.98 Å². The number of hydrogen-bond donors (Lipinski definition) is 1. The van der Waals surface area contributed by atoms with Crippen molar-refractivity contribution in [2.24, 2.45) is 5.16 Å². The van der Waals surface area contributed by atoms with Gasteiger partial charge in [0.1, 0.15) is 7.11 Å². The molecule has 1 aromatic rings. The van der Waals surface area contributed by atoms with Crippen LogP contribution in [0.25, 0.3) is 0 Å². The SMILES string of the molecule is CON=C1CC(c2nc(CCO)no2)N(C)C1. The van der Waals surface area contributed by atoms with E-state index >= 15 is 0 Å². The van der Waals surface area contributed by atoms with Crippen LogP contribution in [0.4, 0.5) is 0 Å². The fraction of sp³-hybridized carbons (Fsp3) is 0.700. The number of oxime groups is 1. The summed E-state index contributed by atoms with van der Waals surface area (Å²) in [5.41, 5.74) is 0.960. The van der Waals surface area contributed by atoms with Gasteiger partial charge in [0.15, 0.2) is 5.82 Å². The molecular weight excluding hydrogens is 224 g/mol. The standard InChI is InChI=1S/C10H16N4O3/c1-14-6-7(12-16-2)5-8(14)10-11-9(3-4-15)13-17-10/h8,15H,3-6H2,1-2H3. The first-order valence-electron chi connectivity index (χ1n) is 5.47. The summed E-state index contributed by atoms with van der Waals surface area (Å²) in [7, 11) is 3.51. The Morgan fingerprint density at radius 2 is 2.47 bits per heavy atom. The van der Waals surface area contributed by atoms with Gasteiger partial charge in [-0.05, 0) is 7.05 Å². The summed E-state index contributed by atoms with van der Waals surface area (Å²) in [6.07, 6.45) is 1.14. The number of aromatic nitrogens is 2. The van der Waals surface area contributed by atoms with Crippen LogP contribution < -0.4 is 0 Å². The maximum atomic E-state index is 8.79. The molecule has 7 nitrogen and oxygen atoms in total. The van der Waals surface area contributed by atoms with Crippen LogP contribution in [-0.4, -0.2) is 53.2 Å². The number of likely N-dealkylation sites (tertiary alicyclic amines) is 1. The smallest absolute Gasteiger partial charge is 0.244 e. The third-order valence-corrected chi connectivity index (χ3v) is 2.72. The van der Waals surface area contributed by atoms with Crippen LogP contribution in [0.2, 0.25) is 0 Å². The Morgan fingerprint density at radius 1 is 1.65 bits per heavy atom. The molecule has 7 heteroatoms. The lowest BCUT2D eigenvalue weighted by atomic mass is 10.2. The minimum absolute atomic E-state index is 0.0237. The highest BCUT2D eigenvalue weighted by Crippen LogP contribution is 2.27. The molecule has 0 aromatic carbocycles. The van der Waals surface area contributed by atoms with Gasteiger partial charge in [0.05, 0.1) is 18.4 Å². The van der Waals surface area contributed by atoms with Gasteiger partial charge in [-0.1, -0.05) is 10.3 Å². The minimum atomic E-state index is 0.0237. The van der Waals surface area contributed by atoms with E-state index in [0.717, 1.165) is 18.7 Å². The summed E-state index contributed by atoms with van der Waals surface area (Å²) in [6.45, 7) is 0.756. The first kappa shape index (κ1) is 12.0. The maximum absolute atomic E-state index is 8.79. The van der Waals surface area contributed by atoms with Crippen molar-refractivity contribution in [1.29, 1.82) is 0 Å². The van der Waals surface area contributed by atoms with E-state index in [-0.39, 0.29) is 12.6 Å². The zero-order chi connectivity index (χ0) is 12.3. The third kappa shape index (κ3) is 2.62. The molecule has 1 aromatic heterocycles. The molecular formula is C10H16N4O3. The van der Waals surface area contributed by atoms with E-state index in [4.69, 9.17) is 14.5 Å². The van der Waals surface area contributed by atoms with Crippen molar-refractivity contribution < 1.29 is 14.5 Å². The van der Waals surface area contributed by atoms with Crippen LogP contribution in [0.3, 0.4) is 0 Å². The summed E-state index contributed by atoms with van der Waals surface area (Å²) in [5, 5.41) is 16.5. The van der Waals surface area contributed by atoms with Gasteiger partial charge < -0.3 is 14.5 Å². The van der Waals surface area contributed by atoms with E-state index in [1.54, 1.807) is 0 Å². The van der Waals surface area contributed by atoms with Gasteiger partial charge in [-0.25, -0.2) is 0 Å². The van der Waals surface area contributed by atoms with Crippen molar-refractivity contribution in [3.8, 4) is 0 Å². The van der Waals surface area contributed by atoms with Crippen molar-refractivity contribution in [2.45, 2.75) is 18.9 Å². The lowest BCUT2D eigenvalue weighted by molar-refractivity contribution is 0.212. The van der Waals surface area contributed by atoms with E-state index in [1.807, 2.05) is 7.05 Å². The highest BCUT2D eigenvalue weighted by Gasteiger charge is 2.32. The summed E-state index contributed by atoms with van der Waals surface area (Å²) in [6, 6.07) is 0.0452. The Kier molecular flexibility index (Phi) is 3.70. The molecule has 1 N–H and O–H groups in total. The highest BCUT2D eigenvalue weighted by molar-refractivity contribution is 5.88. The van der Waals surface area contributed by atoms with Gasteiger partial charge in [0.2, 0.25) is 5.89 Å². The molecule has 0 saturated carbocycles. The van der Waals surface area contributed by atoms with Crippen LogP contribution in [-0.2, 0) is 11.3 Å². The van der Waals surface area contributed by atoms with Gasteiger partial charge in [0.25, 0.3) is 0 Å². The molecule has 1 unspecified atom stereocenters. The number of aliphatic hydroxyl groups is 1. The Hall–Kier alpha value is -1.47. The number of rotatable bonds is 4. The molecule has 0 aliphatic carbocycles. The van der Waals surface area contributed by atoms with Gasteiger partial charge in [0, 0.05) is 19.4 Å². The van der Waals surface area contributed by atoms with Crippen molar-refractivity contribution in [3.05, 3.63) is 11.7 Å². The number of aliphatic hydroxyl groups excluding tert-OH is 1. The maximum Gasteiger partial charge on any atom is 0.244 e. The molecule has 1 aliphatic heterocycles. The largest absolute Gasteiger partial charge is 0.399 e. The second kappa shape index (κ2) is 5.24. The Labute approximate surface area is 99.0 Å². The lowest BCUT2D eigenvalue weighted by Crippen LogP contribution is -2.18. The molecule has 0 amide bonds. The van der Waals surface area contributed by atoms with Crippen LogP contribution >= 0.6 is 0 Å². The van der Waals surface area contributed by atoms with E-state index in [1.165, 1.54) is 7.11 Å². The van der Waals surface area contributed by atoms with Gasteiger partial charge in [-0.3, -0.25) is 4.90 Å². The predicted molar refractivity (Wildman–Crippen MR) is 59.5 cm³/mol. The van der Waals surface area contributed by atoms with Crippen molar-refractivity contribution in [2.75, 3.05) is 27.3 Å². The third-order valence-electron chi connectivity index (χ3n) is 2.72. The molecule has 0 spiro atoms. The first-order chi connectivity index (χ1) is 8.24. The average molecular weight is 240 g/mol. The molecule has 1 saturated heterocycles. The first-order valence-corrected chi connectivity index (χ1v) is 5.47. The summed E-state index contributed by atoms with van der Waals surface area (Å²) in [5.74, 6) is 1.10. The topological polar surface area (TPSA) is 84.0 Å². The summed E-state index contributed by atoms with van der Waals surface area (Å²) >= 11 is 0.